The molecule has 0 unspecified atom stereocenters. The molecule has 0 spiro atoms. The molecule has 100 valence electrons. The van der Waals surface area contributed by atoms with Crippen molar-refractivity contribution >= 4 is 22.0 Å². The highest BCUT2D eigenvalue weighted by Crippen LogP contribution is 2.25. The minimum atomic E-state index is 0.759. The maximum atomic E-state index is 5.76. The molecule has 0 fully saturated rings. The number of hydrogen-bond acceptors (Lipinski definition) is 2. The standard InChI is InChI=1S/C15H22BrNO/c1-4-8-18-15-7-6-14(16)10-13(15)9-12(3)11-17-5-2/h6-7,9-10,17H,4-5,8,11H2,1-3H3. The van der Waals surface area contributed by atoms with Crippen LogP contribution in [0.15, 0.2) is 28.2 Å². The summed E-state index contributed by atoms with van der Waals surface area (Å²) in [4.78, 5) is 0. The van der Waals surface area contributed by atoms with Crippen LogP contribution in [-0.4, -0.2) is 19.7 Å². The van der Waals surface area contributed by atoms with Crippen LogP contribution in [0, 0.1) is 0 Å². The lowest BCUT2D eigenvalue weighted by atomic mass is 10.1. The molecule has 0 radical (unpaired) electrons. The van der Waals surface area contributed by atoms with E-state index in [2.05, 4.69) is 54.2 Å². The molecular weight excluding hydrogens is 290 g/mol. The maximum absolute atomic E-state index is 5.76. The average Bonchev–Trinajstić information content (AvgIpc) is 2.35. The van der Waals surface area contributed by atoms with Gasteiger partial charge in [0.05, 0.1) is 6.61 Å². The molecule has 0 aliphatic rings. The second kappa shape index (κ2) is 8.33. The van der Waals surface area contributed by atoms with Gasteiger partial charge in [0.2, 0.25) is 0 Å². The summed E-state index contributed by atoms with van der Waals surface area (Å²) in [5.41, 5.74) is 2.43. The summed E-state index contributed by atoms with van der Waals surface area (Å²) < 4.78 is 6.84. The Morgan fingerprint density at radius 3 is 2.83 bits per heavy atom. The van der Waals surface area contributed by atoms with Crippen molar-refractivity contribution in [1.29, 1.82) is 0 Å². The Morgan fingerprint density at radius 2 is 2.17 bits per heavy atom. The van der Waals surface area contributed by atoms with Crippen LogP contribution >= 0.6 is 15.9 Å². The zero-order chi connectivity index (χ0) is 13.4. The van der Waals surface area contributed by atoms with Gasteiger partial charge in [-0.15, -0.1) is 0 Å². The van der Waals surface area contributed by atoms with E-state index in [-0.39, 0.29) is 0 Å². The van der Waals surface area contributed by atoms with Crippen molar-refractivity contribution < 1.29 is 4.74 Å². The van der Waals surface area contributed by atoms with Gasteiger partial charge in [-0.3, -0.25) is 0 Å². The normalized spacial score (nSPS) is 11.7. The third-order valence-electron chi connectivity index (χ3n) is 2.49. The van der Waals surface area contributed by atoms with Crippen molar-refractivity contribution in [2.75, 3.05) is 19.7 Å². The number of hydrogen-bond donors (Lipinski definition) is 1. The highest BCUT2D eigenvalue weighted by atomic mass is 79.9. The highest BCUT2D eigenvalue weighted by Gasteiger charge is 2.02. The van der Waals surface area contributed by atoms with Gasteiger partial charge < -0.3 is 10.1 Å². The van der Waals surface area contributed by atoms with Gasteiger partial charge in [0.15, 0.2) is 0 Å². The molecule has 1 N–H and O–H groups in total. The maximum Gasteiger partial charge on any atom is 0.126 e. The number of benzene rings is 1. The zero-order valence-electron chi connectivity index (χ0n) is 11.4. The highest BCUT2D eigenvalue weighted by molar-refractivity contribution is 9.10. The average molecular weight is 312 g/mol. The van der Waals surface area contributed by atoms with Gasteiger partial charge in [-0.25, -0.2) is 0 Å². The van der Waals surface area contributed by atoms with Crippen LogP contribution in [0.4, 0.5) is 0 Å². The van der Waals surface area contributed by atoms with Gasteiger partial charge in [-0.05, 0) is 38.1 Å². The molecule has 0 amide bonds. The Balaban J connectivity index is 2.86. The first-order chi connectivity index (χ1) is 8.67. The molecule has 0 aliphatic carbocycles. The monoisotopic (exact) mass is 311 g/mol. The van der Waals surface area contributed by atoms with Gasteiger partial charge in [-0.1, -0.05) is 41.4 Å². The van der Waals surface area contributed by atoms with E-state index in [1.54, 1.807) is 0 Å². The molecule has 3 heteroatoms. The van der Waals surface area contributed by atoms with Crippen LogP contribution in [-0.2, 0) is 0 Å². The van der Waals surface area contributed by atoms with Gasteiger partial charge >= 0.3 is 0 Å². The minimum absolute atomic E-state index is 0.759. The molecule has 18 heavy (non-hydrogen) atoms. The number of nitrogens with one attached hydrogen (secondary N) is 1. The Hall–Kier alpha value is -0.800. The molecule has 1 aromatic rings. The van der Waals surface area contributed by atoms with Crippen molar-refractivity contribution in [3.05, 3.63) is 33.8 Å². The lowest BCUT2D eigenvalue weighted by Gasteiger charge is -2.10. The molecule has 0 saturated carbocycles. The number of likely N-dealkylation sites (N-methyl/N-ethyl adjacent to an activating group) is 1. The Morgan fingerprint density at radius 1 is 1.39 bits per heavy atom. The summed E-state index contributed by atoms with van der Waals surface area (Å²) in [6.45, 7) is 9.02. The molecular formula is C15H22BrNO. The van der Waals surface area contributed by atoms with Crippen LogP contribution in [0.1, 0.15) is 32.8 Å². The van der Waals surface area contributed by atoms with Crippen molar-refractivity contribution in [2.24, 2.45) is 0 Å². The van der Waals surface area contributed by atoms with E-state index in [4.69, 9.17) is 4.74 Å². The first-order valence-electron chi connectivity index (χ1n) is 6.47. The quantitative estimate of drug-likeness (QED) is 0.812. The number of halogens is 1. The van der Waals surface area contributed by atoms with Crippen LogP contribution in [0.2, 0.25) is 0 Å². The number of rotatable bonds is 7. The lowest BCUT2D eigenvalue weighted by Crippen LogP contribution is -2.14. The van der Waals surface area contributed by atoms with Gasteiger partial charge in [-0.2, -0.15) is 0 Å². The van der Waals surface area contributed by atoms with E-state index < -0.39 is 0 Å². The Labute approximate surface area is 119 Å². The van der Waals surface area contributed by atoms with Crippen molar-refractivity contribution in [2.45, 2.75) is 27.2 Å². The van der Waals surface area contributed by atoms with Gasteiger partial charge in [0.1, 0.15) is 5.75 Å². The topological polar surface area (TPSA) is 21.3 Å². The molecule has 0 saturated heterocycles. The molecule has 0 atom stereocenters. The van der Waals surface area contributed by atoms with E-state index in [0.717, 1.165) is 41.9 Å². The van der Waals surface area contributed by atoms with E-state index in [1.807, 2.05) is 12.1 Å². The van der Waals surface area contributed by atoms with Gasteiger partial charge in [0, 0.05) is 16.6 Å². The predicted molar refractivity (Wildman–Crippen MR) is 82.1 cm³/mol. The first kappa shape index (κ1) is 15.3. The van der Waals surface area contributed by atoms with Crippen LogP contribution in [0.25, 0.3) is 6.08 Å². The van der Waals surface area contributed by atoms with Crippen molar-refractivity contribution in [3.63, 3.8) is 0 Å². The fourth-order valence-electron chi connectivity index (χ4n) is 1.61. The second-order valence-corrected chi connectivity index (χ2v) is 5.22. The fourth-order valence-corrected chi connectivity index (χ4v) is 1.99. The summed E-state index contributed by atoms with van der Waals surface area (Å²) >= 11 is 3.51. The molecule has 0 aliphatic heterocycles. The third kappa shape index (κ3) is 5.23. The van der Waals surface area contributed by atoms with Crippen LogP contribution < -0.4 is 10.1 Å². The Bertz CT molecular complexity index is 401. The van der Waals surface area contributed by atoms with E-state index in [0.29, 0.717) is 0 Å². The molecule has 1 rings (SSSR count). The smallest absolute Gasteiger partial charge is 0.126 e. The van der Waals surface area contributed by atoms with Crippen LogP contribution in [0.3, 0.4) is 0 Å². The lowest BCUT2D eigenvalue weighted by molar-refractivity contribution is 0.316. The van der Waals surface area contributed by atoms with Crippen molar-refractivity contribution in [3.8, 4) is 5.75 Å². The summed E-state index contributed by atoms with van der Waals surface area (Å²) in [5, 5.41) is 3.32. The van der Waals surface area contributed by atoms with E-state index >= 15 is 0 Å². The molecule has 2 nitrogen and oxygen atoms in total. The van der Waals surface area contributed by atoms with E-state index in [9.17, 15) is 0 Å². The van der Waals surface area contributed by atoms with Crippen LogP contribution in [0.5, 0.6) is 5.75 Å². The molecule has 0 bridgehead atoms. The zero-order valence-corrected chi connectivity index (χ0v) is 13.0. The first-order valence-corrected chi connectivity index (χ1v) is 7.27. The summed E-state index contributed by atoms with van der Waals surface area (Å²) in [6.07, 6.45) is 3.20. The molecule has 0 aromatic heterocycles. The summed E-state index contributed by atoms with van der Waals surface area (Å²) in [6, 6.07) is 6.13. The largest absolute Gasteiger partial charge is 0.493 e. The third-order valence-corrected chi connectivity index (χ3v) is 2.98. The summed E-state index contributed by atoms with van der Waals surface area (Å²) in [5.74, 6) is 0.955. The number of ether oxygens (including phenoxy) is 1. The Kier molecular flexibility index (Phi) is 7.06. The fraction of sp³-hybridized carbons (Fsp3) is 0.467. The second-order valence-electron chi connectivity index (χ2n) is 4.30. The van der Waals surface area contributed by atoms with E-state index in [1.165, 1.54) is 5.57 Å². The van der Waals surface area contributed by atoms with Crippen molar-refractivity contribution in [1.82, 2.24) is 5.32 Å². The minimum Gasteiger partial charge on any atom is -0.493 e. The van der Waals surface area contributed by atoms with Gasteiger partial charge in [0.25, 0.3) is 0 Å². The SMILES string of the molecule is CCCOc1ccc(Br)cc1C=C(C)CNCC. The predicted octanol–water partition coefficient (Wildman–Crippen LogP) is 4.25. The summed E-state index contributed by atoms with van der Waals surface area (Å²) in [7, 11) is 0. The molecule has 0 heterocycles. The molecule has 1 aromatic carbocycles.